The summed E-state index contributed by atoms with van der Waals surface area (Å²) >= 11 is 1.60. The molecule has 0 atom stereocenters. The molecule has 4 aromatic rings. The molecule has 7 heteroatoms. The van der Waals surface area contributed by atoms with Gasteiger partial charge in [-0.1, -0.05) is 23.4 Å². The van der Waals surface area contributed by atoms with Gasteiger partial charge in [0.2, 0.25) is 0 Å². The highest BCUT2D eigenvalue weighted by Crippen LogP contribution is 2.25. The van der Waals surface area contributed by atoms with Crippen molar-refractivity contribution in [2.24, 2.45) is 5.16 Å². The maximum Gasteiger partial charge on any atom is 0.165 e. The van der Waals surface area contributed by atoms with Crippen molar-refractivity contribution >= 4 is 28.0 Å². The molecule has 0 aliphatic heterocycles. The Bertz CT molecular complexity index is 1100. The second-order valence-corrected chi connectivity index (χ2v) is 6.71. The van der Waals surface area contributed by atoms with E-state index in [1.807, 2.05) is 53.5 Å². The number of fused-ring (bicyclic) bond motifs is 1. The number of rotatable bonds is 3. The van der Waals surface area contributed by atoms with Crippen molar-refractivity contribution in [1.29, 1.82) is 0 Å². The quantitative estimate of drug-likeness (QED) is 0.344. The van der Waals surface area contributed by atoms with E-state index in [2.05, 4.69) is 26.3 Å². The lowest BCUT2D eigenvalue weighted by atomic mass is 10.1. The number of hydrogen-bond acceptors (Lipinski definition) is 6. The number of aromatic nitrogens is 4. The van der Waals surface area contributed by atoms with E-state index in [0.29, 0.717) is 11.4 Å². The number of hydrogen-bond donors (Lipinski definition) is 1. The first-order valence-electron chi connectivity index (χ1n) is 7.72. The van der Waals surface area contributed by atoms with Crippen molar-refractivity contribution in [1.82, 2.24) is 19.7 Å². The molecule has 0 saturated heterocycles. The van der Waals surface area contributed by atoms with E-state index in [4.69, 9.17) is 5.21 Å². The first-order valence-corrected chi connectivity index (χ1v) is 8.60. The minimum absolute atomic E-state index is 0.478. The fourth-order valence-corrected chi connectivity index (χ4v) is 3.23. The van der Waals surface area contributed by atoms with Crippen molar-refractivity contribution < 1.29 is 5.21 Å². The fraction of sp³-hybridized carbons (Fsp3) is 0.111. The average molecular weight is 349 g/mol. The number of thiazole rings is 1. The molecule has 3 heterocycles. The number of aryl methyl sites for hydroxylation is 1. The molecule has 0 aliphatic rings. The summed E-state index contributed by atoms with van der Waals surface area (Å²) in [6.45, 7) is 3.70. The summed E-state index contributed by atoms with van der Waals surface area (Å²) in [6, 6.07) is 11.7. The normalized spacial score (nSPS) is 12.0. The largest absolute Gasteiger partial charge is 0.411 e. The summed E-state index contributed by atoms with van der Waals surface area (Å²) < 4.78 is 1.84. The molecule has 0 amide bonds. The van der Waals surface area contributed by atoms with Gasteiger partial charge >= 0.3 is 0 Å². The molecular weight excluding hydrogens is 334 g/mol. The minimum Gasteiger partial charge on any atom is -0.411 e. The zero-order chi connectivity index (χ0) is 17.4. The highest BCUT2D eigenvalue weighted by Gasteiger charge is 2.10. The summed E-state index contributed by atoms with van der Waals surface area (Å²) in [5.74, 6) is 0.819. The summed E-state index contributed by atoms with van der Waals surface area (Å²) in [5.41, 5.74) is 3.87. The minimum atomic E-state index is 0.478. The summed E-state index contributed by atoms with van der Waals surface area (Å²) in [4.78, 5) is 9.09. The van der Waals surface area contributed by atoms with E-state index >= 15 is 0 Å². The molecule has 0 fully saturated rings. The molecule has 0 aliphatic carbocycles. The predicted molar refractivity (Wildman–Crippen MR) is 98.7 cm³/mol. The van der Waals surface area contributed by atoms with Crippen LogP contribution in [-0.2, 0) is 0 Å². The Kier molecular flexibility index (Phi) is 3.77. The van der Waals surface area contributed by atoms with Crippen molar-refractivity contribution in [2.45, 2.75) is 13.8 Å². The van der Waals surface area contributed by atoms with Crippen molar-refractivity contribution in [3.8, 4) is 17.1 Å². The molecule has 0 unspecified atom stereocenters. The van der Waals surface area contributed by atoms with Gasteiger partial charge in [-0.2, -0.15) is 5.10 Å². The van der Waals surface area contributed by atoms with Crippen molar-refractivity contribution in [3.63, 3.8) is 0 Å². The molecular formula is C18H15N5OS. The van der Waals surface area contributed by atoms with Crippen LogP contribution in [0.15, 0.2) is 53.1 Å². The zero-order valence-corrected chi connectivity index (χ0v) is 14.5. The van der Waals surface area contributed by atoms with Gasteiger partial charge in [-0.05, 0) is 32.0 Å². The maximum atomic E-state index is 8.96. The Morgan fingerprint density at radius 1 is 1.20 bits per heavy atom. The van der Waals surface area contributed by atoms with Crippen LogP contribution in [0.5, 0.6) is 0 Å². The molecule has 124 valence electrons. The van der Waals surface area contributed by atoms with Crippen LogP contribution in [0.3, 0.4) is 0 Å². The van der Waals surface area contributed by atoms with Crippen LogP contribution < -0.4 is 0 Å². The SMILES string of the molecule is CC(=NO)c1cccc(-c2ccc3cnn(-c4csc(C)n4)c3c2)n1. The van der Waals surface area contributed by atoms with Gasteiger partial charge in [-0.15, -0.1) is 11.3 Å². The second-order valence-electron chi connectivity index (χ2n) is 5.65. The van der Waals surface area contributed by atoms with Crippen LogP contribution in [0.4, 0.5) is 0 Å². The third-order valence-corrected chi connectivity index (χ3v) is 4.72. The van der Waals surface area contributed by atoms with E-state index in [9.17, 15) is 0 Å². The molecule has 0 bridgehead atoms. The first-order chi connectivity index (χ1) is 12.2. The monoisotopic (exact) mass is 349 g/mol. The lowest BCUT2D eigenvalue weighted by Gasteiger charge is -2.05. The molecule has 3 aromatic heterocycles. The molecule has 1 aromatic carbocycles. The predicted octanol–water partition coefficient (Wildman–Crippen LogP) is 4.05. The molecule has 0 radical (unpaired) electrons. The molecule has 0 spiro atoms. The Morgan fingerprint density at radius 3 is 2.84 bits per heavy atom. The van der Waals surface area contributed by atoms with Gasteiger partial charge in [0, 0.05) is 16.3 Å². The number of benzene rings is 1. The topological polar surface area (TPSA) is 76.2 Å². The smallest absolute Gasteiger partial charge is 0.165 e. The highest BCUT2D eigenvalue weighted by molar-refractivity contribution is 7.09. The van der Waals surface area contributed by atoms with E-state index in [1.165, 1.54) is 0 Å². The van der Waals surface area contributed by atoms with Gasteiger partial charge in [-0.3, -0.25) is 0 Å². The Balaban J connectivity index is 1.84. The number of oxime groups is 1. The number of pyridine rings is 1. The standard InChI is InChI=1S/C18H15N5OS/c1-11(22-24)15-4-3-5-16(21-15)13-6-7-14-9-19-23(17(14)8-13)18-10-25-12(2)20-18/h3-10,24H,1-2H3. The molecule has 6 nitrogen and oxygen atoms in total. The second kappa shape index (κ2) is 6.10. The van der Waals surface area contributed by atoms with Crippen LogP contribution in [0.2, 0.25) is 0 Å². The molecule has 0 saturated carbocycles. The van der Waals surface area contributed by atoms with Gasteiger partial charge in [0.25, 0.3) is 0 Å². The molecule has 25 heavy (non-hydrogen) atoms. The fourth-order valence-electron chi connectivity index (χ4n) is 2.66. The van der Waals surface area contributed by atoms with Gasteiger partial charge in [-0.25, -0.2) is 14.6 Å². The van der Waals surface area contributed by atoms with E-state index < -0.39 is 0 Å². The van der Waals surface area contributed by atoms with Crippen LogP contribution in [0, 0.1) is 6.92 Å². The van der Waals surface area contributed by atoms with Crippen LogP contribution >= 0.6 is 11.3 Å². The highest BCUT2D eigenvalue weighted by atomic mass is 32.1. The first kappa shape index (κ1) is 15.5. The van der Waals surface area contributed by atoms with Crippen molar-refractivity contribution in [2.75, 3.05) is 0 Å². The maximum absolute atomic E-state index is 8.96. The van der Waals surface area contributed by atoms with Crippen LogP contribution in [0.1, 0.15) is 17.6 Å². The lowest BCUT2D eigenvalue weighted by Crippen LogP contribution is -1.99. The van der Waals surface area contributed by atoms with E-state index in [0.717, 1.165) is 33.0 Å². The Morgan fingerprint density at radius 2 is 2.08 bits per heavy atom. The van der Waals surface area contributed by atoms with E-state index in [-0.39, 0.29) is 0 Å². The Labute approximate surface area is 148 Å². The zero-order valence-electron chi connectivity index (χ0n) is 13.7. The third-order valence-electron chi connectivity index (χ3n) is 3.96. The summed E-state index contributed by atoms with van der Waals surface area (Å²) in [7, 11) is 0. The summed E-state index contributed by atoms with van der Waals surface area (Å²) in [5, 5.41) is 20.7. The van der Waals surface area contributed by atoms with Gasteiger partial charge < -0.3 is 5.21 Å². The number of nitrogens with zero attached hydrogens (tertiary/aromatic N) is 5. The average Bonchev–Trinajstić information content (AvgIpc) is 3.26. The van der Waals surface area contributed by atoms with E-state index in [1.54, 1.807) is 18.3 Å². The molecule has 4 rings (SSSR count). The van der Waals surface area contributed by atoms with Gasteiger partial charge in [0.1, 0.15) is 5.71 Å². The van der Waals surface area contributed by atoms with Crippen LogP contribution in [0.25, 0.3) is 28.0 Å². The van der Waals surface area contributed by atoms with Gasteiger partial charge in [0.15, 0.2) is 5.82 Å². The van der Waals surface area contributed by atoms with Crippen LogP contribution in [-0.4, -0.2) is 30.7 Å². The Hall–Kier alpha value is -3.06. The summed E-state index contributed by atoms with van der Waals surface area (Å²) in [6.07, 6.45) is 1.83. The van der Waals surface area contributed by atoms with Crippen molar-refractivity contribution in [3.05, 3.63) is 58.7 Å². The van der Waals surface area contributed by atoms with Gasteiger partial charge in [0.05, 0.1) is 28.1 Å². The third kappa shape index (κ3) is 2.78. The lowest BCUT2D eigenvalue weighted by molar-refractivity contribution is 0.319. The molecule has 1 N–H and O–H groups in total.